The molecule has 0 aliphatic rings. The molecule has 1 aromatic rings. The first-order valence-electron chi connectivity index (χ1n) is 5.15. The van der Waals surface area contributed by atoms with Crippen LogP contribution in [0.5, 0.6) is 0 Å². The summed E-state index contributed by atoms with van der Waals surface area (Å²) in [6, 6.07) is 4.12. The van der Waals surface area contributed by atoms with Crippen LogP contribution in [0, 0.1) is 15.9 Å². The van der Waals surface area contributed by atoms with E-state index in [-0.39, 0.29) is 10.8 Å². The fraction of sp³-hybridized carbons (Fsp3) is 0.455. The monoisotopic (exact) mass is 259 g/mol. The Morgan fingerprint density at radius 3 is 2.71 bits per heavy atom. The van der Waals surface area contributed by atoms with Crippen molar-refractivity contribution in [1.29, 1.82) is 0 Å². The maximum Gasteiger partial charge on any atom is 0.305 e. The summed E-state index contributed by atoms with van der Waals surface area (Å²) in [5.74, 6) is -0.484. The topological polar surface area (TPSA) is 63.4 Å². The van der Waals surface area contributed by atoms with E-state index < -0.39 is 22.5 Å². The van der Waals surface area contributed by atoms with Crippen LogP contribution in [-0.4, -0.2) is 21.4 Å². The van der Waals surface area contributed by atoms with E-state index in [4.69, 9.17) is 0 Å². The quantitative estimate of drug-likeness (QED) is 0.652. The van der Waals surface area contributed by atoms with Crippen molar-refractivity contribution in [3.05, 3.63) is 39.7 Å². The Kier molecular flexibility index (Phi) is 4.89. The second-order valence-corrected chi connectivity index (χ2v) is 5.13. The Morgan fingerprint density at radius 1 is 1.53 bits per heavy atom. The minimum Gasteiger partial charge on any atom is -0.392 e. The molecule has 0 heterocycles. The molecule has 0 fully saturated rings. The van der Waals surface area contributed by atoms with Crippen LogP contribution < -0.4 is 0 Å². The molecule has 2 atom stereocenters. The molecule has 0 amide bonds. The van der Waals surface area contributed by atoms with Crippen LogP contribution in [0.3, 0.4) is 0 Å². The Labute approximate surface area is 103 Å². The van der Waals surface area contributed by atoms with Crippen LogP contribution in [0.1, 0.15) is 19.4 Å². The molecule has 94 valence electrons. The third kappa shape index (κ3) is 3.67. The molecule has 2 unspecified atom stereocenters. The minimum atomic E-state index is -0.789. The van der Waals surface area contributed by atoms with Crippen molar-refractivity contribution in [3.8, 4) is 0 Å². The number of aliphatic hydroxyl groups is 1. The van der Waals surface area contributed by atoms with Crippen LogP contribution in [0.15, 0.2) is 18.2 Å². The summed E-state index contributed by atoms with van der Waals surface area (Å²) in [4.78, 5) is 9.80. The number of nitro groups is 1. The lowest BCUT2D eigenvalue weighted by molar-refractivity contribution is -0.387. The second-order valence-electron chi connectivity index (χ2n) is 3.76. The van der Waals surface area contributed by atoms with E-state index in [1.165, 1.54) is 23.9 Å². The number of hydrogen-bond acceptors (Lipinski definition) is 4. The summed E-state index contributed by atoms with van der Waals surface area (Å²) < 4.78 is 13.7. The highest BCUT2D eigenvalue weighted by Crippen LogP contribution is 2.26. The minimum absolute atomic E-state index is 0.0475. The van der Waals surface area contributed by atoms with Gasteiger partial charge in [-0.05, 0) is 6.92 Å². The van der Waals surface area contributed by atoms with Gasteiger partial charge in [0.05, 0.1) is 11.0 Å². The van der Waals surface area contributed by atoms with Gasteiger partial charge in [0, 0.05) is 22.6 Å². The molecule has 0 saturated heterocycles. The highest BCUT2D eigenvalue weighted by Gasteiger charge is 2.18. The van der Waals surface area contributed by atoms with Crippen molar-refractivity contribution in [2.45, 2.75) is 31.0 Å². The molecule has 0 aromatic heterocycles. The number of thioether (sulfide) groups is 1. The van der Waals surface area contributed by atoms with E-state index in [0.29, 0.717) is 5.75 Å². The van der Waals surface area contributed by atoms with E-state index in [1.807, 2.05) is 6.92 Å². The fourth-order valence-electron chi connectivity index (χ4n) is 1.18. The van der Waals surface area contributed by atoms with Crippen LogP contribution in [0.25, 0.3) is 0 Å². The van der Waals surface area contributed by atoms with Gasteiger partial charge in [-0.1, -0.05) is 19.1 Å². The first-order valence-corrected chi connectivity index (χ1v) is 6.19. The van der Waals surface area contributed by atoms with Crippen molar-refractivity contribution < 1.29 is 14.4 Å². The van der Waals surface area contributed by atoms with Gasteiger partial charge < -0.3 is 5.11 Å². The molecule has 1 N–H and O–H groups in total. The average molecular weight is 259 g/mol. The van der Waals surface area contributed by atoms with Crippen molar-refractivity contribution in [2.75, 3.05) is 0 Å². The van der Waals surface area contributed by atoms with E-state index >= 15 is 0 Å². The smallest absolute Gasteiger partial charge is 0.305 e. The van der Waals surface area contributed by atoms with Crippen molar-refractivity contribution in [3.63, 3.8) is 0 Å². The van der Waals surface area contributed by atoms with Gasteiger partial charge in [-0.25, -0.2) is 0 Å². The van der Waals surface area contributed by atoms with Gasteiger partial charge in [0.25, 0.3) is 0 Å². The number of halogens is 1. The Balaban J connectivity index is 2.79. The number of benzene rings is 1. The van der Waals surface area contributed by atoms with Crippen LogP contribution in [0.2, 0.25) is 0 Å². The number of nitrogens with zero attached hydrogens (tertiary/aromatic N) is 1. The van der Waals surface area contributed by atoms with Gasteiger partial charge >= 0.3 is 5.69 Å². The maximum absolute atomic E-state index is 13.7. The lowest BCUT2D eigenvalue weighted by Crippen LogP contribution is -2.15. The third-order valence-electron chi connectivity index (χ3n) is 2.44. The summed E-state index contributed by atoms with van der Waals surface area (Å²) in [7, 11) is 0. The summed E-state index contributed by atoms with van der Waals surface area (Å²) in [5, 5.41) is 19.8. The number of aliphatic hydroxyl groups excluding tert-OH is 1. The number of nitro benzene ring substituents is 1. The normalized spacial score (nSPS) is 14.4. The summed E-state index contributed by atoms with van der Waals surface area (Å²) >= 11 is 1.36. The van der Waals surface area contributed by atoms with Gasteiger partial charge in [-0.15, -0.1) is 0 Å². The summed E-state index contributed by atoms with van der Waals surface area (Å²) in [5.41, 5.74) is -0.218. The fourth-order valence-corrected chi connectivity index (χ4v) is 2.12. The molecule has 0 aliphatic carbocycles. The van der Waals surface area contributed by atoms with E-state index in [1.54, 1.807) is 6.92 Å². The molecular formula is C11H14FNO3S. The summed E-state index contributed by atoms with van der Waals surface area (Å²) in [6.45, 7) is 3.48. The molecular weight excluding hydrogens is 245 g/mol. The van der Waals surface area contributed by atoms with Gasteiger partial charge in [0.2, 0.25) is 5.82 Å². The lowest BCUT2D eigenvalue weighted by atomic mass is 10.2. The molecule has 0 spiro atoms. The molecule has 17 heavy (non-hydrogen) atoms. The zero-order valence-corrected chi connectivity index (χ0v) is 10.4. The SMILES string of the molecule is CC(O)C(C)SCc1cccc([N+](=O)[O-])c1F. The lowest BCUT2D eigenvalue weighted by Gasteiger charge is -2.14. The zero-order chi connectivity index (χ0) is 13.0. The average Bonchev–Trinajstić information content (AvgIpc) is 2.26. The molecule has 1 aromatic carbocycles. The molecule has 0 radical (unpaired) electrons. The van der Waals surface area contributed by atoms with E-state index in [0.717, 1.165) is 6.07 Å². The first-order chi connectivity index (χ1) is 7.93. The first kappa shape index (κ1) is 13.9. The van der Waals surface area contributed by atoms with Gasteiger partial charge in [0.15, 0.2) is 0 Å². The largest absolute Gasteiger partial charge is 0.392 e. The summed E-state index contributed by atoms with van der Waals surface area (Å²) in [6.07, 6.45) is -0.498. The Morgan fingerprint density at radius 2 is 2.18 bits per heavy atom. The third-order valence-corrected chi connectivity index (χ3v) is 3.83. The van der Waals surface area contributed by atoms with E-state index in [9.17, 15) is 19.6 Å². The van der Waals surface area contributed by atoms with E-state index in [2.05, 4.69) is 0 Å². The molecule has 6 heteroatoms. The van der Waals surface area contributed by atoms with Gasteiger partial charge in [-0.3, -0.25) is 10.1 Å². The highest BCUT2D eigenvalue weighted by molar-refractivity contribution is 7.99. The van der Waals surface area contributed by atoms with Gasteiger partial charge in [0.1, 0.15) is 0 Å². The molecule has 0 bridgehead atoms. The predicted molar refractivity (Wildman–Crippen MR) is 65.5 cm³/mol. The van der Waals surface area contributed by atoms with Crippen LogP contribution in [0.4, 0.5) is 10.1 Å². The van der Waals surface area contributed by atoms with Crippen molar-refractivity contribution >= 4 is 17.4 Å². The zero-order valence-electron chi connectivity index (χ0n) is 9.59. The van der Waals surface area contributed by atoms with Crippen LogP contribution in [-0.2, 0) is 5.75 Å². The Bertz CT molecular complexity index is 412. The Hall–Kier alpha value is -1.14. The molecule has 0 saturated carbocycles. The molecule has 1 rings (SSSR count). The second kappa shape index (κ2) is 5.97. The number of rotatable bonds is 5. The number of hydrogen-bond donors (Lipinski definition) is 1. The predicted octanol–water partition coefficient (Wildman–Crippen LogP) is 2.74. The van der Waals surface area contributed by atoms with Gasteiger partial charge in [-0.2, -0.15) is 16.2 Å². The standard InChI is InChI=1S/C11H14FNO3S/c1-7(14)8(2)17-6-9-4-3-5-10(11(9)12)13(15)16/h3-5,7-8,14H,6H2,1-2H3. The van der Waals surface area contributed by atoms with Crippen molar-refractivity contribution in [2.24, 2.45) is 0 Å². The van der Waals surface area contributed by atoms with Crippen LogP contribution >= 0.6 is 11.8 Å². The molecule has 4 nitrogen and oxygen atoms in total. The maximum atomic E-state index is 13.7. The van der Waals surface area contributed by atoms with Crippen molar-refractivity contribution in [1.82, 2.24) is 0 Å². The molecule has 0 aliphatic heterocycles. The highest BCUT2D eigenvalue weighted by atomic mass is 32.2.